The van der Waals surface area contributed by atoms with E-state index in [-0.39, 0.29) is 11.5 Å². The second-order valence-electron chi connectivity index (χ2n) is 4.75. The third-order valence-corrected chi connectivity index (χ3v) is 3.51. The van der Waals surface area contributed by atoms with Gasteiger partial charge in [0, 0.05) is 23.6 Å². The highest BCUT2D eigenvalue weighted by Crippen LogP contribution is 2.32. The molecule has 2 aromatic carbocycles. The van der Waals surface area contributed by atoms with Crippen molar-refractivity contribution in [3.8, 4) is 0 Å². The van der Waals surface area contributed by atoms with Crippen LogP contribution in [0.3, 0.4) is 0 Å². The van der Waals surface area contributed by atoms with Gasteiger partial charge in [-0.3, -0.25) is 0 Å². The molecule has 0 bridgehead atoms. The van der Waals surface area contributed by atoms with E-state index < -0.39 is 23.5 Å². The summed E-state index contributed by atoms with van der Waals surface area (Å²) in [4.78, 5) is 0. The zero-order chi connectivity index (χ0) is 14.7. The minimum Gasteiger partial charge on any atom is -0.312 e. The normalized spacial score (nSPS) is 14.1. The maximum Gasteiger partial charge on any atom is 0.161 e. The molecule has 2 unspecified atom stereocenters. The summed E-state index contributed by atoms with van der Waals surface area (Å²) in [6.45, 7) is 1.91. The van der Waals surface area contributed by atoms with Crippen LogP contribution in [0, 0.1) is 17.5 Å². The minimum absolute atomic E-state index is 0.0828. The maximum atomic E-state index is 13.9. The Labute approximate surface area is 116 Å². The van der Waals surface area contributed by atoms with E-state index in [1.165, 1.54) is 0 Å². The fraction of sp³-hybridized carbons (Fsp3) is 0.250. The van der Waals surface area contributed by atoms with Gasteiger partial charge in [-0.25, -0.2) is 13.2 Å². The lowest BCUT2D eigenvalue weighted by Crippen LogP contribution is -2.23. The molecule has 0 aromatic heterocycles. The Morgan fingerprint density at radius 3 is 2.10 bits per heavy atom. The first-order valence-corrected chi connectivity index (χ1v) is 6.41. The average molecular weight is 279 g/mol. The maximum absolute atomic E-state index is 13.9. The second-order valence-corrected chi connectivity index (χ2v) is 4.75. The fourth-order valence-corrected chi connectivity index (χ4v) is 2.40. The molecule has 0 heterocycles. The summed E-state index contributed by atoms with van der Waals surface area (Å²) in [5.41, 5.74) is 1.12. The van der Waals surface area contributed by atoms with Crippen molar-refractivity contribution in [3.63, 3.8) is 0 Å². The first kappa shape index (κ1) is 14.6. The molecule has 0 aliphatic heterocycles. The Bertz CT molecular complexity index is 584. The van der Waals surface area contributed by atoms with Crippen molar-refractivity contribution in [1.82, 2.24) is 5.32 Å². The van der Waals surface area contributed by atoms with Crippen LogP contribution >= 0.6 is 0 Å². The van der Waals surface area contributed by atoms with Gasteiger partial charge in [-0.05, 0) is 18.7 Å². The summed E-state index contributed by atoms with van der Waals surface area (Å²) >= 11 is 0. The molecule has 0 amide bonds. The van der Waals surface area contributed by atoms with E-state index in [1.807, 2.05) is 37.3 Å². The Morgan fingerprint density at radius 2 is 1.50 bits per heavy atom. The van der Waals surface area contributed by atoms with Crippen molar-refractivity contribution in [3.05, 3.63) is 71.0 Å². The highest BCUT2D eigenvalue weighted by Gasteiger charge is 2.23. The van der Waals surface area contributed by atoms with Crippen molar-refractivity contribution >= 4 is 0 Å². The first-order valence-electron chi connectivity index (χ1n) is 6.41. The lowest BCUT2D eigenvalue weighted by Gasteiger charge is -2.25. The van der Waals surface area contributed by atoms with Gasteiger partial charge in [-0.2, -0.15) is 0 Å². The SMILES string of the molecule is CNC(c1cc(F)c(F)cc1F)C(C)c1ccccc1. The van der Waals surface area contributed by atoms with Gasteiger partial charge in [0.2, 0.25) is 0 Å². The molecule has 1 nitrogen and oxygen atoms in total. The largest absolute Gasteiger partial charge is 0.312 e. The standard InChI is InChI=1S/C16H16F3N/c1-10(11-6-4-3-5-7-11)16(20-2)12-8-14(18)15(19)9-13(12)17/h3-10,16,20H,1-2H3. The van der Waals surface area contributed by atoms with E-state index >= 15 is 0 Å². The van der Waals surface area contributed by atoms with E-state index in [1.54, 1.807) is 7.05 Å². The molecular formula is C16H16F3N. The summed E-state index contributed by atoms with van der Waals surface area (Å²) in [5, 5.41) is 2.97. The summed E-state index contributed by atoms with van der Waals surface area (Å²) < 4.78 is 40.3. The minimum atomic E-state index is -1.17. The number of hydrogen-bond acceptors (Lipinski definition) is 1. The average Bonchev–Trinajstić information content (AvgIpc) is 2.46. The molecule has 0 radical (unpaired) electrons. The number of hydrogen-bond donors (Lipinski definition) is 1. The van der Waals surface area contributed by atoms with Gasteiger partial charge in [-0.15, -0.1) is 0 Å². The topological polar surface area (TPSA) is 12.0 Å². The van der Waals surface area contributed by atoms with Crippen LogP contribution in [0.25, 0.3) is 0 Å². The number of halogens is 3. The molecule has 2 aromatic rings. The van der Waals surface area contributed by atoms with Gasteiger partial charge in [0.15, 0.2) is 11.6 Å². The smallest absolute Gasteiger partial charge is 0.161 e. The molecule has 20 heavy (non-hydrogen) atoms. The summed E-state index contributed by atoms with van der Waals surface area (Å²) in [5.74, 6) is -3.04. The van der Waals surface area contributed by atoms with Crippen LogP contribution < -0.4 is 5.32 Å². The Hall–Kier alpha value is -1.81. The van der Waals surface area contributed by atoms with E-state index in [0.717, 1.165) is 11.6 Å². The van der Waals surface area contributed by atoms with E-state index in [2.05, 4.69) is 5.32 Å². The van der Waals surface area contributed by atoms with Crippen LogP contribution in [0.2, 0.25) is 0 Å². The molecule has 106 valence electrons. The van der Waals surface area contributed by atoms with Gasteiger partial charge in [0.25, 0.3) is 0 Å². The monoisotopic (exact) mass is 279 g/mol. The lowest BCUT2D eigenvalue weighted by atomic mass is 9.88. The Balaban J connectivity index is 2.40. The van der Waals surface area contributed by atoms with Crippen LogP contribution in [-0.4, -0.2) is 7.05 Å². The molecule has 0 spiro atoms. The number of likely N-dealkylation sites (N-methyl/N-ethyl adjacent to an activating group) is 1. The van der Waals surface area contributed by atoms with Gasteiger partial charge in [0.05, 0.1) is 0 Å². The predicted octanol–water partition coefficient (Wildman–Crippen LogP) is 4.17. The van der Waals surface area contributed by atoms with E-state index in [0.29, 0.717) is 6.07 Å². The van der Waals surface area contributed by atoms with Crippen molar-refractivity contribution < 1.29 is 13.2 Å². The summed E-state index contributed by atoms with van der Waals surface area (Å²) in [7, 11) is 1.67. The first-order chi connectivity index (χ1) is 9.54. The van der Waals surface area contributed by atoms with E-state index in [4.69, 9.17) is 0 Å². The molecular weight excluding hydrogens is 263 g/mol. The van der Waals surface area contributed by atoms with Crippen LogP contribution in [0.1, 0.15) is 30.0 Å². The van der Waals surface area contributed by atoms with Crippen molar-refractivity contribution in [2.24, 2.45) is 0 Å². The molecule has 0 aliphatic carbocycles. The molecule has 4 heteroatoms. The zero-order valence-corrected chi connectivity index (χ0v) is 11.3. The zero-order valence-electron chi connectivity index (χ0n) is 11.3. The lowest BCUT2D eigenvalue weighted by molar-refractivity contribution is 0.452. The van der Waals surface area contributed by atoms with Crippen LogP contribution in [-0.2, 0) is 0 Å². The molecule has 0 saturated carbocycles. The molecule has 2 atom stereocenters. The highest BCUT2D eigenvalue weighted by atomic mass is 19.2. The van der Waals surface area contributed by atoms with E-state index in [9.17, 15) is 13.2 Å². The van der Waals surface area contributed by atoms with Gasteiger partial charge in [-0.1, -0.05) is 37.3 Å². The predicted molar refractivity (Wildman–Crippen MR) is 73.0 cm³/mol. The van der Waals surface area contributed by atoms with Crippen molar-refractivity contribution in [1.29, 1.82) is 0 Å². The molecule has 1 N–H and O–H groups in total. The Morgan fingerprint density at radius 1 is 0.900 bits per heavy atom. The summed E-state index contributed by atoms with van der Waals surface area (Å²) in [6, 6.07) is 10.6. The summed E-state index contributed by atoms with van der Waals surface area (Å²) in [6.07, 6.45) is 0. The number of nitrogens with one attached hydrogen (secondary N) is 1. The molecule has 0 fully saturated rings. The van der Waals surface area contributed by atoms with Gasteiger partial charge >= 0.3 is 0 Å². The van der Waals surface area contributed by atoms with Crippen LogP contribution in [0.5, 0.6) is 0 Å². The van der Waals surface area contributed by atoms with Crippen molar-refractivity contribution in [2.75, 3.05) is 7.05 Å². The fourth-order valence-electron chi connectivity index (χ4n) is 2.40. The second kappa shape index (κ2) is 6.09. The van der Waals surface area contributed by atoms with Gasteiger partial charge < -0.3 is 5.32 Å². The highest BCUT2D eigenvalue weighted by molar-refractivity contribution is 5.29. The number of benzene rings is 2. The third kappa shape index (κ3) is 2.85. The molecule has 0 saturated heterocycles. The molecule has 0 aliphatic rings. The van der Waals surface area contributed by atoms with Crippen LogP contribution in [0.4, 0.5) is 13.2 Å². The van der Waals surface area contributed by atoms with Crippen LogP contribution in [0.15, 0.2) is 42.5 Å². The van der Waals surface area contributed by atoms with Gasteiger partial charge in [0.1, 0.15) is 5.82 Å². The van der Waals surface area contributed by atoms with Crippen molar-refractivity contribution in [2.45, 2.75) is 18.9 Å². The molecule has 2 rings (SSSR count). The third-order valence-electron chi connectivity index (χ3n) is 3.51. The Kier molecular flexibility index (Phi) is 4.45. The number of rotatable bonds is 4. The quantitative estimate of drug-likeness (QED) is 0.828.